The van der Waals surface area contributed by atoms with E-state index >= 15 is 0 Å². The molecule has 2 fully saturated rings. The molecule has 0 saturated carbocycles. The van der Waals surface area contributed by atoms with Crippen LogP contribution in [0, 0.1) is 0 Å². The SMILES string of the molecule is CC1(C)O[C@@H]2[C@H](O1)[C@@H](CO[Si](C)(C)C(C)(C)C)O[C@H]2n1c(CO[Si](c2ccccc2)(c2ccccc2)C(C)(C)C)cc(=O)[nH]c1=O. The summed E-state index contributed by atoms with van der Waals surface area (Å²) in [6, 6.07) is 22.0. The van der Waals surface area contributed by atoms with Crippen molar-refractivity contribution in [2.75, 3.05) is 6.61 Å². The maximum absolute atomic E-state index is 13.7. The standard InChI is InChI=1S/C35H50N2O7Si2/c1-33(2,3)45(9,10)40-23-27-29-30(44-35(7,8)43-29)31(42-27)37-24(21-28(38)36-32(37)39)22-41-46(34(4,5)6,25-17-13-11-14-18-25)26-19-15-12-16-20-26/h11-21,27,29-31H,22-23H2,1-10H3,(H,36,38,39)/t27-,29-,30-,31-/m1/s1. The van der Waals surface area contributed by atoms with Crippen molar-refractivity contribution in [3.05, 3.63) is 93.3 Å². The smallest absolute Gasteiger partial charge is 0.330 e. The highest BCUT2D eigenvalue weighted by atomic mass is 28.4. The van der Waals surface area contributed by atoms with Gasteiger partial charge >= 0.3 is 5.69 Å². The van der Waals surface area contributed by atoms with Gasteiger partial charge in [0.25, 0.3) is 13.9 Å². The molecule has 1 N–H and O–H groups in total. The van der Waals surface area contributed by atoms with Gasteiger partial charge < -0.3 is 23.1 Å². The number of fused-ring (bicyclic) bond motifs is 1. The summed E-state index contributed by atoms with van der Waals surface area (Å²) in [7, 11) is -5.09. The lowest BCUT2D eigenvalue weighted by Crippen LogP contribution is -2.66. The first-order valence-electron chi connectivity index (χ1n) is 16.1. The summed E-state index contributed by atoms with van der Waals surface area (Å²) in [5, 5.41) is 1.91. The van der Waals surface area contributed by atoms with E-state index in [0.717, 1.165) is 10.4 Å². The van der Waals surface area contributed by atoms with E-state index < -0.39 is 58.2 Å². The zero-order chi connectivity index (χ0) is 33.7. The molecule has 2 saturated heterocycles. The van der Waals surface area contributed by atoms with Crippen molar-refractivity contribution in [3.63, 3.8) is 0 Å². The fraction of sp³-hybridized carbons (Fsp3) is 0.543. The zero-order valence-corrected chi connectivity index (χ0v) is 30.9. The third-order valence-electron chi connectivity index (χ3n) is 9.70. The highest BCUT2D eigenvalue weighted by molar-refractivity contribution is 6.99. The number of aromatic nitrogens is 2. The maximum Gasteiger partial charge on any atom is 0.330 e. The molecule has 9 nitrogen and oxygen atoms in total. The van der Waals surface area contributed by atoms with Gasteiger partial charge in [-0.15, -0.1) is 0 Å². The quantitative estimate of drug-likeness (QED) is 0.319. The topological polar surface area (TPSA) is 101 Å². The molecule has 4 atom stereocenters. The lowest BCUT2D eigenvalue weighted by molar-refractivity contribution is -0.200. The van der Waals surface area contributed by atoms with Crippen LogP contribution in [0.25, 0.3) is 0 Å². The number of benzene rings is 2. The molecule has 0 amide bonds. The van der Waals surface area contributed by atoms with Gasteiger partial charge in [-0.1, -0.05) is 102 Å². The largest absolute Gasteiger partial charge is 0.414 e. The number of hydrogen-bond donors (Lipinski definition) is 1. The van der Waals surface area contributed by atoms with Gasteiger partial charge in [0, 0.05) is 6.07 Å². The molecule has 3 heterocycles. The fourth-order valence-electron chi connectivity index (χ4n) is 6.40. The van der Waals surface area contributed by atoms with Crippen molar-refractivity contribution < 1.29 is 23.1 Å². The van der Waals surface area contributed by atoms with E-state index in [1.807, 2.05) is 50.2 Å². The molecule has 1 aromatic heterocycles. The van der Waals surface area contributed by atoms with Crippen LogP contribution in [0.3, 0.4) is 0 Å². The normalized spacial score (nSPS) is 23.4. The predicted octanol–water partition coefficient (Wildman–Crippen LogP) is 5.05. The summed E-state index contributed by atoms with van der Waals surface area (Å²) in [5.74, 6) is -0.885. The van der Waals surface area contributed by atoms with Crippen LogP contribution in [0.4, 0.5) is 0 Å². The van der Waals surface area contributed by atoms with E-state index in [2.05, 4.69) is 83.9 Å². The van der Waals surface area contributed by atoms with E-state index in [9.17, 15) is 9.59 Å². The average Bonchev–Trinajstić information content (AvgIpc) is 3.44. The van der Waals surface area contributed by atoms with Crippen molar-refractivity contribution in [3.8, 4) is 0 Å². The first kappa shape index (κ1) is 34.7. The molecule has 250 valence electrons. The van der Waals surface area contributed by atoms with Crippen molar-refractivity contribution in [2.24, 2.45) is 0 Å². The lowest BCUT2D eigenvalue weighted by Gasteiger charge is -2.43. The number of ether oxygens (including phenoxy) is 3. The van der Waals surface area contributed by atoms with Crippen molar-refractivity contribution >= 4 is 27.0 Å². The van der Waals surface area contributed by atoms with Crippen LogP contribution in [0.15, 0.2) is 76.3 Å². The summed E-state index contributed by atoms with van der Waals surface area (Å²) in [6.45, 7) is 21.6. The highest BCUT2D eigenvalue weighted by Gasteiger charge is 2.57. The number of aromatic amines is 1. The first-order chi connectivity index (χ1) is 21.4. The molecule has 0 spiro atoms. The molecule has 3 aromatic rings. The van der Waals surface area contributed by atoms with Gasteiger partial charge in [-0.3, -0.25) is 14.3 Å². The van der Waals surface area contributed by atoms with Crippen LogP contribution in [0.5, 0.6) is 0 Å². The highest BCUT2D eigenvalue weighted by Crippen LogP contribution is 2.44. The Morgan fingerprint density at radius 1 is 0.826 bits per heavy atom. The molecule has 0 aliphatic carbocycles. The van der Waals surface area contributed by atoms with Crippen molar-refractivity contribution in [1.29, 1.82) is 0 Å². The second kappa shape index (κ2) is 12.4. The molecule has 2 aromatic carbocycles. The number of rotatable bonds is 9. The Bertz CT molecular complexity index is 1590. The minimum Gasteiger partial charge on any atom is -0.414 e. The Hall–Kier alpha value is -2.65. The third-order valence-corrected chi connectivity index (χ3v) is 19.2. The second-order valence-corrected chi connectivity index (χ2v) is 24.6. The molecule has 46 heavy (non-hydrogen) atoms. The van der Waals surface area contributed by atoms with Crippen LogP contribution in [-0.4, -0.2) is 56.9 Å². The first-order valence-corrected chi connectivity index (χ1v) is 20.9. The Balaban J connectivity index is 1.55. The van der Waals surface area contributed by atoms with Gasteiger partial charge in [0.1, 0.15) is 18.3 Å². The lowest BCUT2D eigenvalue weighted by atomic mass is 10.1. The Morgan fingerprint density at radius 2 is 1.37 bits per heavy atom. The summed E-state index contributed by atoms with van der Waals surface area (Å²) in [5.41, 5.74) is -0.681. The third kappa shape index (κ3) is 6.56. The maximum atomic E-state index is 13.7. The molecule has 11 heteroatoms. The molecule has 0 bridgehead atoms. The molecule has 5 rings (SSSR count). The Kier molecular flexibility index (Phi) is 9.37. The van der Waals surface area contributed by atoms with Gasteiger partial charge in [-0.05, 0) is 47.4 Å². The molecule has 0 radical (unpaired) electrons. The van der Waals surface area contributed by atoms with Gasteiger partial charge in [0.2, 0.25) is 0 Å². The van der Waals surface area contributed by atoms with Gasteiger partial charge in [-0.25, -0.2) is 4.79 Å². The van der Waals surface area contributed by atoms with Crippen LogP contribution in [0.1, 0.15) is 67.3 Å². The monoisotopic (exact) mass is 666 g/mol. The van der Waals surface area contributed by atoms with E-state index in [1.165, 1.54) is 10.6 Å². The Morgan fingerprint density at radius 3 is 1.89 bits per heavy atom. The Labute approximate surface area is 274 Å². The number of hydrogen-bond acceptors (Lipinski definition) is 7. The molecule has 2 aliphatic rings. The van der Waals surface area contributed by atoms with Gasteiger partial charge in [0.05, 0.1) is 18.9 Å². The number of nitrogens with one attached hydrogen (secondary N) is 1. The van der Waals surface area contributed by atoms with Crippen LogP contribution >= 0.6 is 0 Å². The van der Waals surface area contributed by atoms with Gasteiger partial charge in [-0.2, -0.15) is 0 Å². The van der Waals surface area contributed by atoms with Crippen molar-refractivity contribution in [1.82, 2.24) is 9.55 Å². The summed E-state index contributed by atoms with van der Waals surface area (Å²) in [6.07, 6.45) is -2.40. The zero-order valence-electron chi connectivity index (χ0n) is 28.9. The minimum absolute atomic E-state index is 0.0119. The number of nitrogens with zero attached hydrogens (tertiary/aromatic N) is 1. The van der Waals surface area contributed by atoms with E-state index in [4.69, 9.17) is 23.1 Å². The summed E-state index contributed by atoms with van der Waals surface area (Å²) >= 11 is 0. The van der Waals surface area contributed by atoms with E-state index in [1.54, 1.807) is 0 Å². The second-order valence-electron chi connectivity index (χ2n) is 15.5. The minimum atomic E-state index is -2.98. The van der Waals surface area contributed by atoms with Crippen LogP contribution in [0.2, 0.25) is 23.2 Å². The molecule has 2 aliphatic heterocycles. The average molecular weight is 667 g/mol. The van der Waals surface area contributed by atoms with Gasteiger partial charge in [0.15, 0.2) is 20.3 Å². The molecular weight excluding hydrogens is 617 g/mol. The van der Waals surface area contributed by atoms with E-state index in [-0.39, 0.29) is 16.7 Å². The van der Waals surface area contributed by atoms with Crippen LogP contribution < -0.4 is 21.6 Å². The summed E-state index contributed by atoms with van der Waals surface area (Å²) in [4.78, 5) is 28.9. The summed E-state index contributed by atoms with van der Waals surface area (Å²) < 4.78 is 34.5. The molecule has 0 unspecified atom stereocenters. The fourth-order valence-corrected chi connectivity index (χ4v) is 11.9. The van der Waals surface area contributed by atoms with Crippen molar-refractivity contribution in [2.45, 2.75) is 115 Å². The predicted molar refractivity (Wildman–Crippen MR) is 185 cm³/mol. The molecular formula is C35H50N2O7Si2. The van der Waals surface area contributed by atoms with E-state index in [0.29, 0.717) is 12.3 Å². The number of H-pyrrole nitrogens is 1. The van der Waals surface area contributed by atoms with Crippen LogP contribution in [-0.2, 0) is 29.7 Å².